The highest BCUT2D eigenvalue weighted by atomic mass is 35.5. The quantitative estimate of drug-likeness (QED) is 0.884. The molecule has 1 fully saturated rings. The summed E-state index contributed by atoms with van der Waals surface area (Å²) in [5, 5.41) is 9.23. The second-order valence-corrected chi connectivity index (χ2v) is 6.33. The Hall–Kier alpha value is -1.40. The lowest BCUT2D eigenvalue weighted by atomic mass is 10.2. The molecule has 3 rings (SSSR count). The van der Waals surface area contributed by atoms with Crippen molar-refractivity contribution in [3.8, 4) is 0 Å². The van der Waals surface area contributed by atoms with Gasteiger partial charge in [-0.2, -0.15) is 0 Å². The average Bonchev–Trinajstić information content (AvgIpc) is 2.57. The molecule has 0 aromatic heterocycles. The number of hydrogen-bond acceptors (Lipinski definition) is 3. The zero-order valence-corrected chi connectivity index (χ0v) is 13.8. The summed E-state index contributed by atoms with van der Waals surface area (Å²) >= 11 is 5.92. The number of benzene rings is 2. The minimum atomic E-state index is -1.33. The fraction of sp³-hybridized carbons (Fsp3) is 0.250. The van der Waals surface area contributed by atoms with E-state index in [0.29, 0.717) is 4.90 Å². The first-order valence-corrected chi connectivity index (χ1v) is 8.68. The molecular weight excluding hydrogens is 318 g/mol. The minimum absolute atomic E-state index is 0.664. The molecule has 0 radical (unpaired) electrons. The van der Waals surface area contributed by atoms with Crippen LogP contribution in [0.15, 0.2) is 59.5 Å². The molecule has 1 atom stereocenters. The third kappa shape index (κ3) is 5.42. The molecule has 0 aliphatic carbocycles. The van der Waals surface area contributed by atoms with Gasteiger partial charge in [0, 0.05) is 36.9 Å². The summed E-state index contributed by atoms with van der Waals surface area (Å²) in [5.41, 5.74) is 1.23. The van der Waals surface area contributed by atoms with Crippen LogP contribution >= 0.6 is 11.6 Å². The van der Waals surface area contributed by atoms with Gasteiger partial charge >= 0.3 is 0 Å². The molecule has 1 heterocycles. The topological polar surface area (TPSA) is 58.4 Å². The van der Waals surface area contributed by atoms with Crippen LogP contribution in [0, 0.1) is 0 Å². The lowest BCUT2D eigenvalue weighted by Crippen LogP contribution is -2.43. The molecule has 0 spiro atoms. The molecular formula is C16H20ClN3OS. The van der Waals surface area contributed by atoms with Gasteiger partial charge in [0.2, 0.25) is 0 Å². The highest BCUT2D eigenvalue weighted by molar-refractivity contribution is 7.82. The van der Waals surface area contributed by atoms with Crippen LogP contribution in [0.25, 0.3) is 0 Å². The van der Waals surface area contributed by atoms with E-state index in [4.69, 9.17) is 16.7 Å². The Kier molecular flexibility index (Phi) is 6.86. The number of anilines is 1. The first-order chi connectivity index (χ1) is 10.7. The van der Waals surface area contributed by atoms with E-state index < -0.39 is 11.0 Å². The van der Waals surface area contributed by atoms with E-state index in [2.05, 4.69) is 16.3 Å². The van der Waals surface area contributed by atoms with Crippen LogP contribution in [0.1, 0.15) is 0 Å². The molecule has 0 saturated carbocycles. The number of hydrogen-bond donors (Lipinski definition) is 2. The maximum atomic E-state index is 10.5. The Morgan fingerprint density at radius 1 is 1.05 bits per heavy atom. The molecule has 2 aromatic rings. The van der Waals surface area contributed by atoms with Crippen LogP contribution < -0.4 is 15.4 Å². The maximum absolute atomic E-state index is 10.5. The van der Waals surface area contributed by atoms with Crippen molar-refractivity contribution in [2.24, 2.45) is 5.14 Å². The van der Waals surface area contributed by atoms with E-state index in [1.807, 2.05) is 24.3 Å². The van der Waals surface area contributed by atoms with Gasteiger partial charge in [-0.25, -0.2) is 9.35 Å². The largest absolute Gasteiger partial charge is 0.369 e. The first kappa shape index (κ1) is 17.0. The van der Waals surface area contributed by atoms with Gasteiger partial charge in [0.15, 0.2) is 0 Å². The number of rotatable bonds is 2. The molecule has 22 heavy (non-hydrogen) atoms. The van der Waals surface area contributed by atoms with E-state index in [-0.39, 0.29) is 0 Å². The molecule has 118 valence electrons. The summed E-state index contributed by atoms with van der Waals surface area (Å²) in [6.07, 6.45) is 0. The van der Waals surface area contributed by atoms with Gasteiger partial charge in [-0.1, -0.05) is 35.9 Å². The molecule has 0 amide bonds. The Labute approximate surface area is 138 Å². The lowest BCUT2D eigenvalue weighted by Gasteiger charge is -2.29. The number of piperazine rings is 1. The highest BCUT2D eigenvalue weighted by Gasteiger charge is 2.09. The van der Waals surface area contributed by atoms with Gasteiger partial charge in [-0.3, -0.25) is 0 Å². The van der Waals surface area contributed by atoms with Crippen LogP contribution in [0.4, 0.5) is 5.69 Å². The number of halogens is 1. The summed E-state index contributed by atoms with van der Waals surface area (Å²) in [6.45, 7) is 4.26. The third-order valence-corrected chi connectivity index (χ3v) is 4.24. The normalized spacial score (nSPS) is 15.6. The van der Waals surface area contributed by atoms with E-state index in [1.165, 1.54) is 5.69 Å². The van der Waals surface area contributed by atoms with Gasteiger partial charge in [-0.15, -0.1) is 0 Å². The summed E-state index contributed by atoms with van der Waals surface area (Å²) in [6, 6.07) is 17.0. The van der Waals surface area contributed by atoms with Crippen molar-refractivity contribution < 1.29 is 4.21 Å². The Balaban J connectivity index is 0.000000172. The summed E-state index contributed by atoms with van der Waals surface area (Å²) < 4.78 is 10.5. The Bertz CT molecular complexity index is 603. The average molecular weight is 338 g/mol. The molecule has 2 aromatic carbocycles. The van der Waals surface area contributed by atoms with Gasteiger partial charge in [-0.05, 0) is 30.3 Å². The van der Waals surface area contributed by atoms with Crippen LogP contribution in [0.5, 0.6) is 0 Å². The van der Waals surface area contributed by atoms with Crippen molar-refractivity contribution in [2.75, 3.05) is 31.1 Å². The molecule has 4 nitrogen and oxygen atoms in total. The van der Waals surface area contributed by atoms with Crippen molar-refractivity contribution >= 4 is 28.3 Å². The summed E-state index contributed by atoms with van der Waals surface area (Å²) in [5.74, 6) is 0. The van der Waals surface area contributed by atoms with E-state index >= 15 is 0 Å². The zero-order valence-electron chi connectivity index (χ0n) is 12.2. The second-order valence-electron chi connectivity index (χ2n) is 4.83. The fourth-order valence-electron chi connectivity index (χ4n) is 2.15. The monoisotopic (exact) mass is 337 g/mol. The number of nitrogens with zero attached hydrogens (tertiary/aromatic N) is 1. The minimum Gasteiger partial charge on any atom is -0.369 e. The van der Waals surface area contributed by atoms with Crippen molar-refractivity contribution in [3.05, 3.63) is 59.6 Å². The lowest BCUT2D eigenvalue weighted by molar-refractivity contribution is 0.589. The van der Waals surface area contributed by atoms with Gasteiger partial charge in [0.25, 0.3) is 0 Å². The molecule has 0 bridgehead atoms. The van der Waals surface area contributed by atoms with E-state index in [9.17, 15) is 4.21 Å². The smallest absolute Gasteiger partial charge is 0.122 e. The van der Waals surface area contributed by atoms with Crippen molar-refractivity contribution in [3.63, 3.8) is 0 Å². The first-order valence-electron chi connectivity index (χ1n) is 7.09. The van der Waals surface area contributed by atoms with Gasteiger partial charge in [0.1, 0.15) is 11.0 Å². The predicted molar refractivity (Wildman–Crippen MR) is 93.6 cm³/mol. The molecule has 1 unspecified atom stereocenters. The number of nitrogens with one attached hydrogen (secondary N) is 1. The van der Waals surface area contributed by atoms with E-state index in [0.717, 1.165) is 31.2 Å². The molecule has 1 saturated heterocycles. The van der Waals surface area contributed by atoms with Crippen LogP contribution in [-0.2, 0) is 11.0 Å². The Morgan fingerprint density at radius 2 is 1.73 bits per heavy atom. The van der Waals surface area contributed by atoms with Gasteiger partial charge in [0.05, 0.1) is 4.90 Å². The predicted octanol–water partition coefficient (Wildman–Crippen LogP) is 2.42. The zero-order chi connectivity index (χ0) is 15.8. The number of nitrogens with two attached hydrogens (primary N) is 1. The molecule has 6 heteroatoms. The summed E-state index contributed by atoms with van der Waals surface area (Å²) in [4.78, 5) is 3.01. The standard InChI is InChI=1S/C10H13ClN2.C6H7NOS/c11-9-2-1-3-10(8-9)13-6-4-12-5-7-13;7-9(8)6-4-2-1-3-5-6/h1-3,8,12H,4-7H2;1-5H,7H2. The highest BCUT2D eigenvalue weighted by Crippen LogP contribution is 2.19. The molecule has 1 aliphatic rings. The third-order valence-electron chi connectivity index (χ3n) is 3.27. The molecule has 1 aliphatic heterocycles. The van der Waals surface area contributed by atoms with Crippen LogP contribution in [0.2, 0.25) is 5.02 Å². The van der Waals surface area contributed by atoms with Gasteiger partial charge < -0.3 is 10.2 Å². The van der Waals surface area contributed by atoms with Crippen LogP contribution in [0.3, 0.4) is 0 Å². The SMILES string of the molecule is Clc1cccc(N2CCNCC2)c1.NS(=O)c1ccccc1. The van der Waals surface area contributed by atoms with Crippen molar-refractivity contribution in [1.82, 2.24) is 5.32 Å². The van der Waals surface area contributed by atoms with Crippen molar-refractivity contribution in [2.45, 2.75) is 4.90 Å². The second kappa shape index (κ2) is 8.90. The maximum Gasteiger partial charge on any atom is 0.122 e. The van der Waals surface area contributed by atoms with Crippen molar-refractivity contribution in [1.29, 1.82) is 0 Å². The Morgan fingerprint density at radius 3 is 2.27 bits per heavy atom. The summed E-state index contributed by atoms with van der Waals surface area (Å²) in [7, 11) is -1.33. The molecule has 3 N–H and O–H groups in total. The fourth-order valence-corrected chi connectivity index (χ4v) is 2.76. The van der Waals surface area contributed by atoms with E-state index in [1.54, 1.807) is 24.3 Å². The van der Waals surface area contributed by atoms with Crippen LogP contribution in [-0.4, -0.2) is 30.4 Å².